The van der Waals surface area contributed by atoms with E-state index in [1.54, 1.807) is 23.5 Å². The van der Waals surface area contributed by atoms with Crippen LogP contribution < -0.4 is 5.43 Å². The van der Waals surface area contributed by atoms with Crippen LogP contribution in [0.5, 0.6) is 0 Å². The molecule has 1 aliphatic carbocycles. The fraction of sp³-hybridized carbons (Fsp3) is 0.375. The molecule has 0 bridgehead atoms. The van der Waals surface area contributed by atoms with E-state index in [4.69, 9.17) is 5.26 Å². The summed E-state index contributed by atoms with van der Waals surface area (Å²) in [6.45, 7) is 2.22. The highest BCUT2D eigenvalue weighted by atomic mass is 32.1. The maximum atomic E-state index is 12.5. The zero-order valence-corrected chi connectivity index (χ0v) is 11.7. The molecule has 0 amide bonds. The first kappa shape index (κ1) is 12.4. The molecule has 0 spiro atoms. The Morgan fingerprint density at radius 1 is 1.47 bits per heavy atom. The Morgan fingerprint density at radius 2 is 2.32 bits per heavy atom. The average Bonchev–Trinajstić information content (AvgIpc) is 2.46. The van der Waals surface area contributed by atoms with Crippen LogP contribution in [0.25, 0.3) is 10.1 Å². The number of nitrogens with zero attached hydrogens (tertiary/aromatic N) is 1. The average molecular weight is 269 g/mol. The van der Waals surface area contributed by atoms with Crippen molar-refractivity contribution < 1.29 is 0 Å². The minimum absolute atomic E-state index is 0.183. The van der Waals surface area contributed by atoms with Crippen molar-refractivity contribution in [3.63, 3.8) is 0 Å². The molecule has 1 aromatic carbocycles. The molecule has 96 valence electrons. The topological polar surface area (TPSA) is 40.9 Å². The Labute approximate surface area is 116 Å². The van der Waals surface area contributed by atoms with Crippen molar-refractivity contribution in [2.45, 2.75) is 32.6 Å². The van der Waals surface area contributed by atoms with Crippen molar-refractivity contribution >= 4 is 21.4 Å². The van der Waals surface area contributed by atoms with Gasteiger partial charge in [0.15, 0.2) is 5.43 Å². The lowest BCUT2D eigenvalue weighted by Gasteiger charge is -2.22. The lowest BCUT2D eigenvalue weighted by atomic mass is 9.87. The summed E-state index contributed by atoms with van der Waals surface area (Å²) in [7, 11) is 0. The van der Waals surface area contributed by atoms with Crippen molar-refractivity contribution in [2.24, 2.45) is 5.92 Å². The molecule has 0 N–H and O–H groups in total. The van der Waals surface area contributed by atoms with E-state index in [0.29, 0.717) is 11.5 Å². The third-order valence-electron chi connectivity index (χ3n) is 4.05. The smallest absolute Gasteiger partial charge is 0.191 e. The first-order chi connectivity index (χ1) is 9.22. The van der Waals surface area contributed by atoms with E-state index in [2.05, 4.69) is 13.0 Å². The van der Waals surface area contributed by atoms with Gasteiger partial charge in [0.2, 0.25) is 0 Å². The summed E-state index contributed by atoms with van der Waals surface area (Å²) in [5.74, 6) is 0.708. The van der Waals surface area contributed by atoms with Gasteiger partial charge in [0, 0.05) is 20.5 Å². The van der Waals surface area contributed by atoms with E-state index in [1.165, 1.54) is 11.3 Å². The van der Waals surface area contributed by atoms with E-state index in [9.17, 15) is 4.79 Å². The molecule has 0 aliphatic heterocycles. The number of fused-ring (bicyclic) bond motifs is 2. The highest BCUT2D eigenvalue weighted by molar-refractivity contribution is 7.18. The van der Waals surface area contributed by atoms with Gasteiger partial charge in [-0.05, 0) is 43.4 Å². The monoisotopic (exact) mass is 269 g/mol. The predicted octanol–water partition coefficient (Wildman–Crippen LogP) is 3.65. The molecule has 1 aromatic heterocycles. The number of hydrogen-bond donors (Lipinski definition) is 0. The normalized spacial score (nSPS) is 18.0. The zero-order valence-electron chi connectivity index (χ0n) is 10.9. The van der Waals surface area contributed by atoms with E-state index in [-0.39, 0.29) is 5.43 Å². The molecule has 0 fully saturated rings. The molecule has 19 heavy (non-hydrogen) atoms. The first-order valence-electron chi connectivity index (χ1n) is 6.71. The Kier molecular flexibility index (Phi) is 3.12. The van der Waals surface area contributed by atoms with Gasteiger partial charge in [-0.3, -0.25) is 4.79 Å². The van der Waals surface area contributed by atoms with Crippen LogP contribution >= 0.6 is 11.3 Å². The molecule has 2 aromatic rings. The first-order valence-corrected chi connectivity index (χ1v) is 7.53. The molecule has 0 saturated heterocycles. The summed E-state index contributed by atoms with van der Waals surface area (Å²) in [5, 5.41) is 9.74. The molecule has 2 nitrogen and oxygen atoms in total. The maximum Gasteiger partial charge on any atom is 0.191 e. The van der Waals surface area contributed by atoms with Crippen LogP contribution in [0.1, 0.15) is 35.8 Å². The number of hydrogen-bond acceptors (Lipinski definition) is 3. The second-order valence-corrected chi connectivity index (χ2v) is 6.31. The molecule has 1 atom stereocenters. The van der Waals surface area contributed by atoms with Crippen LogP contribution in [-0.4, -0.2) is 0 Å². The Bertz CT molecular complexity index is 739. The number of nitriles is 1. The van der Waals surface area contributed by atoms with Gasteiger partial charge < -0.3 is 0 Å². The summed E-state index contributed by atoms with van der Waals surface area (Å²) >= 11 is 1.70. The minimum Gasteiger partial charge on any atom is -0.289 e. The second-order valence-electron chi connectivity index (χ2n) is 5.17. The Hall–Kier alpha value is -1.66. The van der Waals surface area contributed by atoms with Crippen LogP contribution in [0.4, 0.5) is 0 Å². The van der Waals surface area contributed by atoms with Crippen molar-refractivity contribution in [3.8, 4) is 6.07 Å². The summed E-state index contributed by atoms with van der Waals surface area (Å²) in [4.78, 5) is 13.7. The molecule has 1 unspecified atom stereocenters. The molecule has 3 rings (SSSR count). The van der Waals surface area contributed by atoms with Gasteiger partial charge in [-0.2, -0.15) is 5.26 Å². The van der Waals surface area contributed by atoms with E-state index >= 15 is 0 Å². The van der Waals surface area contributed by atoms with E-state index in [1.807, 2.05) is 6.07 Å². The van der Waals surface area contributed by atoms with Gasteiger partial charge in [0.25, 0.3) is 0 Å². The highest BCUT2D eigenvalue weighted by Gasteiger charge is 2.21. The van der Waals surface area contributed by atoms with Crippen molar-refractivity contribution in [3.05, 3.63) is 44.4 Å². The number of benzene rings is 1. The van der Waals surface area contributed by atoms with Gasteiger partial charge in [-0.15, -0.1) is 11.3 Å². The molecular weight excluding hydrogens is 254 g/mol. The lowest BCUT2D eigenvalue weighted by Crippen LogP contribution is -2.20. The van der Waals surface area contributed by atoms with Gasteiger partial charge in [-0.25, -0.2) is 0 Å². The van der Waals surface area contributed by atoms with Gasteiger partial charge in [0.05, 0.1) is 11.6 Å². The zero-order chi connectivity index (χ0) is 13.4. The quantitative estimate of drug-likeness (QED) is 0.793. The predicted molar refractivity (Wildman–Crippen MR) is 78.6 cm³/mol. The van der Waals surface area contributed by atoms with Crippen LogP contribution in [-0.2, 0) is 12.8 Å². The van der Waals surface area contributed by atoms with Crippen LogP contribution in [0, 0.1) is 17.2 Å². The standard InChI is InChI=1S/C16H15NOS/c1-2-10-3-5-12-14(7-10)19-15-8-11(9-17)4-6-13(15)16(12)18/h4,6,8,10H,2-3,5,7H2,1H3. The maximum absolute atomic E-state index is 12.5. The van der Waals surface area contributed by atoms with Gasteiger partial charge in [-0.1, -0.05) is 13.3 Å². The van der Waals surface area contributed by atoms with Crippen LogP contribution in [0.3, 0.4) is 0 Å². The minimum atomic E-state index is 0.183. The van der Waals surface area contributed by atoms with Gasteiger partial charge in [0.1, 0.15) is 0 Å². The summed E-state index contributed by atoms with van der Waals surface area (Å²) < 4.78 is 0.958. The third kappa shape index (κ3) is 2.06. The third-order valence-corrected chi connectivity index (χ3v) is 5.27. The molecule has 0 saturated carbocycles. The molecule has 0 radical (unpaired) electrons. The number of rotatable bonds is 1. The summed E-state index contributed by atoms with van der Waals surface area (Å²) in [6, 6.07) is 7.53. The van der Waals surface area contributed by atoms with Crippen molar-refractivity contribution in [1.29, 1.82) is 5.26 Å². The van der Waals surface area contributed by atoms with Gasteiger partial charge >= 0.3 is 0 Å². The summed E-state index contributed by atoms with van der Waals surface area (Å²) in [5.41, 5.74) is 1.83. The molecule has 3 heteroatoms. The van der Waals surface area contributed by atoms with Crippen LogP contribution in [0.2, 0.25) is 0 Å². The van der Waals surface area contributed by atoms with E-state index in [0.717, 1.165) is 34.9 Å². The highest BCUT2D eigenvalue weighted by Crippen LogP contribution is 2.32. The molecule has 1 aliphatic rings. The molecular formula is C16H15NOS. The lowest BCUT2D eigenvalue weighted by molar-refractivity contribution is 0.448. The largest absolute Gasteiger partial charge is 0.289 e. The van der Waals surface area contributed by atoms with Crippen molar-refractivity contribution in [1.82, 2.24) is 0 Å². The fourth-order valence-corrected chi connectivity index (χ4v) is 4.19. The Balaban J connectivity index is 2.23. The molecule has 1 heterocycles. The summed E-state index contributed by atoms with van der Waals surface area (Å²) in [6.07, 6.45) is 4.25. The second kappa shape index (κ2) is 4.79. The SMILES string of the molecule is CCC1CCc2c(sc3cc(C#N)ccc3c2=O)C1. The van der Waals surface area contributed by atoms with Crippen LogP contribution in [0.15, 0.2) is 23.0 Å². The fourth-order valence-electron chi connectivity index (χ4n) is 2.83. The van der Waals surface area contributed by atoms with Crippen molar-refractivity contribution in [2.75, 3.05) is 0 Å². The Morgan fingerprint density at radius 3 is 3.05 bits per heavy atom. The van der Waals surface area contributed by atoms with E-state index < -0.39 is 0 Å².